The van der Waals surface area contributed by atoms with E-state index in [-0.39, 0.29) is 5.91 Å². The van der Waals surface area contributed by atoms with E-state index in [0.717, 1.165) is 46.5 Å². The summed E-state index contributed by atoms with van der Waals surface area (Å²) in [4.78, 5) is 25.6. The van der Waals surface area contributed by atoms with Crippen LogP contribution in [-0.2, 0) is 4.79 Å². The molecule has 36 heavy (non-hydrogen) atoms. The summed E-state index contributed by atoms with van der Waals surface area (Å²) in [5, 5.41) is 7.77. The fourth-order valence-electron chi connectivity index (χ4n) is 3.84. The van der Waals surface area contributed by atoms with Crippen LogP contribution in [0, 0.1) is 0 Å². The average Bonchev–Trinajstić information content (AvgIpc) is 2.87. The summed E-state index contributed by atoms with van der Waals surface area (Å²) in [6.07, 6.45) is 3.04. The largest absolute Gasteiger partial charge is 0.372 e. The third-order valence-electron chi connectivity index (χ3n) is 5.76. The summed E-state index contributed by atoms with van der Waals surface area (Å²) in [7, 11) is 6.06. The van der Waals surface area contributed by atoms with Crippen LogP contribution in [-0.4, -0.2) is 55.0 Å². The van der Waals surface area contributed by atoms with Gasteiger partial charge in [0.15, 0.2) is 0 Å². The minimum absolute atomic E-state index is 0.277. The second-order valence-electron chi connectivity index (χ2n) is 8.69. The van der Waals surface area contributed by atoms with Crippen molar-refractivity contribution in [2.45, 2.75) is 0 Å². The molecule has 0 fully saturated rings. The highest BCUT2D eigenvalue weighted by molar-refractivity contribution is 6.33. The normalized spacial score (nSPS) is 10.9. The summed E-state index contributed by atoms with van der Waals surface area (Å²) in [6, 6.07) is 19.4. The first kappa shape index (κ1) is 25.2. The zero-order valence-electron chi connectivity index (χ0n) is 20.6. The van der Waals surface area contributed by atoms with Crippen LogP contribution in [0.5, 0.6) is 0 Å². The first-order valence-electron chi connectivity index (χ1n) is 11.6. The number of rotatable bonds is 9. The van der Waals surface area contributed by atoms with Gasteiger partial charge in [0.2, 0.25) is 11.9 Å². The molecule has 4 rings (SSSR count). The van der Waals surface area contributed by atoms with E-state index in [4.69, 9.17) is 16.6 Å². The van der Waals surface area contributed by atoms with Gasteiger partial charge in [0, 0.05) is 53.6 Å². The van der Waals surface area contributed by atoms with E-state index in [2.05, 4.69) is 32.0 Å². The van der Waals surface area contributed by atoms with Crippen molar-refractivity contribution in [2.75, 3.05) is 49.8 Å². The topological polar surface area (TPSA) is 73.4 Å². The number of hydrogen-bond donors (Lipinski definition) is 2. The van der Waals surface area contributed by atoms with E-state index in [0.29, 0.717) is 16.7 Å². The van der Waals surface area contributed by atoms with Gasteiger partial charge in [-0.25, -0.2) is 9.97 Å². The van der Waals surface area contributed by atoms with Crippen LogP contribution >= 0.6 is 11.6 Å². The van der Waals surface area contributed by atoms with Crippen molar-refractivity contribution in [2.24, 2.45) is 0 Å². The Balaban J connectivity index is 1.68. The van der Waals surface area contributed by atoms with Crippen molar-refractivity contribution in [1.82, 2.24) is 14.9 Å². The molecule has 0 aliphatic heterocycles. The molecule has 0 unspecified atom stereocenters. The number of carbonyl (C=O) groups excluding carboxylic acids is 1. The molecule has 7 nitrogen and oxygen atoms in total. The van der Waals surface area contributed by atoms with E-state index in [1.54, 1.807) is 6.20 Å². The number of likely N-dealkylation sites (N-methyl/N-ethyl adjacent to an activating group) is 2. The van der Waals surface area contributed by atoms with Crippen molar-refractivity contribution in [3.63, 3.8) is 0 Å². The molecule has 0 bridgehead atoms. The summed E-state index contributed by atoms with van der Waals surface area (Å²) in [5.41, 5.74) is 4.95. The standard InChI is InChI=1S/C28H29ClN6O/c1-5-26(36)32-24-17-20(13-14-25(24)35(4)16-15-34(2)3)31-28-30-18-19-9-8-11-22(27(19)33-28)21-10-6-7-12-23(21)29/h5-14,17-18H,1,15-16H2,2-4H3,(H,32,36)(H,30,31,33). The second kappa shape index (κ2) is 11.2. The molecular formula is C28H29ClN6O. The maximum Gasteiger partial charge on any atom is 0.247 e. The Morgan fingerprint density at radius 1 is 1.03 bits per heavy atom. The number of benzene rings is 3. The summed E-state index contributed by atoms with van der Waals surface area (Å²) in [5.74, 6) is 0.164. The molecule has 1 amide bonds. The maximum absolute atomic E-state index is 12.1. The monoisotopic (exact) mass is 500 g/mol. The van der Waals surface area contributed by atoms with E-state index < -0.39 is 0 Å². The lowest BCUT2D eigenvalue weighted by Gasteiger charge is -2.24. The van der Waals surface area contributed by atoms with Gasteiger partial charge in [-0.1, -0.05) is 54.6 Å². The van der Waals surface area contributed by atoms with Crippen molar-refractivity contribution < 1.29 is 4.79 Å². The van der Waals surface area contributed by atoms with Crippen LogP contribution in [0.4, 0.5) is 23.0 Å². The van der Waals surface area contributed by atoms with Crippen molar-refractivity contribution in [1.29, 1.82) is 0 Å². The number of para-hydroxylation sites is 1. The molecule has 0 aliphatic carbocycles. The lowest BCUT2D eigenvalue weighted by atomic mass is 10.0. The number of carbonyl (C=O) groups is 1. The molecular weight excluding hydrogens is 472 g/mol. The Morgan fingerprint density at radius 2 is 1.81 bits per heavy atom. The van der Waals surface area contributed by atoms with Crippen LogP contribution in [0.1, 0.15) is 0 Å². The molecule has 0 radical (unpaired) electrons. The van der Waals surface area contributed by atoms with Gasteiger partial charge in [0.05, 0.1) is 16.9 Å². The Bertz CT molecular complexity index is 1400. The molecule has 184 valence electrons. The SMILES string of the molecule is C=CC(=O)Nc1cc(Nc2ncc3cccc(-c4ccccc4Cl)c3n2)ccc1N(C)CCN(C)C. The number of anilines is 4. The van der Waals surface area contributed by atoms with Gasteiger partial charge in [0.1, 0.15) is 0 Å². The number of fused-ring (bicyclic) bond motifs is 1. The molecule has 2 N–H and O–H groups in total. The fourth-order valence-corrected chi connectivity index (χ4v) is 4.08. The quantitative estimate of drug-likeness (QED) is 0.282. The molecule has 1 heterocycles. The van der Waals surface area contributed by atoms with Crippen LogP contribution in [0.15, 0.2) is 79.5 Å². The van der Waals surface area contributed by atoms with Gasteiger partial charge >= 0.3 is 0 Å². The van der Waals surface area contributed by atoms with E-state index >= 15 is 0 Å². The van der Waals surface area contributed by atoms with Crippen LogP contribution < -0.4 is 15.5 Å². The van der Waals surface area contributed by atoms with Crippen molar-refractivity contribution in [3.05, 3.63) is 84.5 Å². The molecule has 4 aromatic rings. The minimum atomic E-state index is -0.277. The molecule has 0 saturated heterocycles. The third kappa shape index (κ3) is 5.82. The molecule has 8 heteroatoms. The van der Waals surface area contributed by atoms with Crippen molar-refractivity contribution >= 4 is 51.4 Å². The first-order chi connectivity index (χ1) is 17.4. The van der Waals surface area contributed by atoms with Crippen LogP contribution in [0.2, 0.25) is 5.02 Å². The number of aromatic nitrogens is 2. The van der Waals surface area contributed by atoms with E-state index in [1.165, 1.54) is 6.08 Å². The number of hydrogen-bond acceptors (Lipinski definition) is 6. The summed E-state index contributed by atoms with van der Waals surface area (Å²) < 4.78 is 0. The summed E-state index contributed by atoms with van der Waals surface area (Å²) >= 11 is 6.47. The predicted molar refractivity (Wildman–Crippen MR) is 150 cm³/mol. The van der Waals surface area contributed by atoms with Crippen molar-refractivity contribution in [3.8, 4) is 11.1 Å². The minimum Gasteiger partial charge on any atom is -0.372 e. The number of halogens is 1. The predicted octanol–water partition coefficient (Wildman–Crippen LogP) is 5.82. The second-order valence-corrected chi connectivity index (χ2v) is 9.10. The van der Waals surface area contributed by atoms with E-state index in [1.807, 2.05) is 81.8 Å². The lowest BCUT2D eigenvalue weighted by Crippen LogP contribution is -2.29. The number of nitrogens with zero attached hydrogens (tertiary/aromatic N) is 4. The first-order valence-corrected chi connectivity index (χ1v) is 11.9. The molecule has 0 atom stereocenters. The highest BCUT2D eigenvalue weighted by atomic mass is 35.5. The molecule has 3 aromatic carbocycles. The molecule has 0 saturated carbocycles. The average molecular weight is 501 g/mol. The highest BCUT2D eigenvalue weighted by Gasteiger charge is 2.13. The highest BCUT2D eigenvalue weighted by Crippen LogP contribution is 2.34. The van der Waals surface area contributed by atoms with Crippen LogP contribution in [0.25, 0.3) is 22.0 Å². The number of nitrogens with one attached hydrogen (secondary N) is 2. The molecule has 0 aliphatic rings. The van der Waals surface area contributed by atoms with E-state index in [9.17, 15) is 4.79 Å². The van der Waals surface area contributed by atoms with Gasteiger partial charge in [0.25, 0.3) is 0 Å². The van der Waals surface area contributed by atoms with Gasteiger partial charge in [-0.2, -0.15) is 0 Å². The smallest absolute Gasteiger partial charge is 0.247 e. The van der Waals surface area contributed by atoms with Gasteiger partial charge in [-0.15, -0.1) is 0 Å². The molecule has 0 spiro atoms. The Kier molecular flexibility index (Phi) is 7.83. The lowest BCUT2D eigenvalue weighted by molar-refractivity contribution is -0.111. The summed E-state index contributed by atoms with van der Waals surface area (Å²) in [6.45, 7) is 5.25. The Hall–Kier alpha value is -3.94. The Labute approximate surface area is 216 Å². The maximum atomic E-state index is 12.1. The zero-order valence-corrected chi connectivity index (χ0v) is 21.4. The van der Waals surface area contributed by atoms with Gasteiger partial charge < -0.3 is 20.4 Å². The van der Waals surface area contributed by atoms with Crippen LogP contribution in [0.3, 0.4) is 0 Å². The Morgan fingerprint density at radius 3 is 2.56 bits per heavy atom. The third-order valence-corrected chi connectivity index (χ3v) is 6.09. The van der Waals surface area contributed by atoms with Gasteiger partial charge in [-0.3, -0.25) is 4.79 Å². The fraction of sp³-hybridized carbons (Fsp3) is 0.179. The number of amides is 1. The van der Waals surface area contributed by atoms with Gasteiger partial charge in [-0.05, 0) is 44.4 Å². The molecule has 1 aromatic heterocycles. The zero-order chi connectivity index (χ0) is 25.7.